The summed E-state index contributed by atoms with van der Waals surface area (Å²) in [6.45, 7) is 1.70. The van der Waals surface area contributed by atoms with E-state index in [9.17, 15) is 14.3 Å². The highest BCUT2D eigenvalue weighted by molar-refractivity contribution is 6.04. The Labute approximate surface area is 113 Å². The van der Waals surface area contributed by atoms with Crippen molar-refractivity contribution in [2.45, 2.75) is 6.92 Å². The fourth-order valence-corrected chi connectivity index (χ4v) is 2.19. The second-order valence-corrected chi connectivity index (χ2v) is 4.49. The lowest BCUT2D eigenvalue weighted by molar-refractivity contribution is 0.0699. The van der Waals surface area contributed by atoms with E-state index in [-0.39, 0.29) is 5.56 Å². The number of carboxylic acids is 1. The minimum atomic E-state index is -1.12. The summed E-state index contributed by atoms with van der Waals surface area (Å²) in [5.74, 6) is -1.59. The average Bonchev–Trinajstić information content (AvgIpc) is 2.91. The molecule has 0 unspecified atom stereocenters. The third-order valence-corrected chi connectivity index (χ3v) is 3.12. The molecule has 0 saturated carbocycles. The van der Waals surface area contributed by atoms with Crippen molar-refractivity contribution in [2.75, 3.05) is 0 Å². The molecule has 0 aliphatic heterocycles. The van der Waals surface area contributed by atoms with Crippen LogP contribution >= 0.6 is 0 Å². The van der Waals surface area contributed by atoms with Gasteiger partial charge in [-0.15, -0.1) is 0 Å². The molecular weight excluding hydrogens is 261 g/mol. The van der Waals surface area contributed by atoms with Crippen molar-refractivity contribution >= 4 is 16.9 Å². The van der Waals surface area contributed by atoms with Gasteiger partial charge < -0.3 is 9.52 Å². The monoisotopic (exact) mass is 271 g/mol. The third kappa shape index (κ3) is 1.93. The molecule has 2 aromatic heterocycles. The van der Waals surface area contributed by atoms with E-state index < -0.39 is 11.8 Å². The molecule has 1 aromatic carbocycles. The number of aromatic carboxylic acids is 1. The Balaban J connectivity index is 2.40. The molecule has 20 heavy (non-hydrogen) atoms. The molecular formula is C15H10FNO3. The van der Waals surface area contributed by atoms with Crippen molar-refractivity contribution in [3.63, 3.8) is 0 Å². The summed E-state index contributed by atoms with van der Waals surface area (Å²) < 4.78 is 18.5. The Hall–Kier alpha value is -2.69. The SMILES string of the molecule is Cc1cc(F)cc2c(C(=O)O)cc(-c3ccoc3)nc12. The van der Waals surface area contributed by atoms with E-state index in [1.807, 2.05) is 0 Å². The number of hydrogen-bond donors (Lipinski definition) is 1. The van der Waals surface area contributed by atoms with Gasteiger partial charge >= 0.3 is 5.97 Å². The number of fused-ring (bicyclic) bond motifs is 1. The van der Waals surface area contributed by atoms with Gasteiger partial charge in [-0.05, 0) is 36.8 Å². The van der Waals surface area contributed by atoms with E-state index in [1.165, 1.54) is 30.7 Å². The number of carboxylic acid groups (broad SMARTS) is 1. The Morgan fingerprint density at radius 1 is 1.35 bits per heavy atom. The van der Waals surface area contributed by atoms with Crippen LogP contribution in [0.25, 0.3) is 22.2 Å². The van der Waals surface area contributed by atoms with Crippen LogP contribution < -0.4 is 0 Å². The third-order valence-electron chi connectivity index (χ3n) is 3.12. The van der Waals surface area contributed by atoms with Crippen molar-refractivity contribution in [3.05, 3.63) is 53.7 Å². The quantitative estimate of drug-likeness (QED) is 0.772. The van der Waals surface area contributed by atoms with Gasteiger partial charge in [0.05, 0.1) is 29.3 Å². The second-order valence-electron chi connectivity index (χ2n) is 4.49. The molecule has 0 aliphatic rings. The van der Waals surface area contributed by atoms with E-state index in [0.717, 1.165) is 0 Å². The molecule has 0 radical (unpaired) electrons. The molecule has 0 bridgehead atoms. The topological polar surface area (TPSA) is 63.3 Å². The smallest absolute Gasteiger partial charge is 0.336 e. The zero-order valence-electron chi connectivity index (χ0n) is 10.6. The zero-order chi connectivity index (χ0) is 14.3. The summed E-state index contributed by atoms with van der Waals surface area (Å²) in [6.07, 6.45) is 2.97. The van der Waals surface area contributed by atoms with Crippen molar-refractivity contribution < 1.29 is 18.7 Å². The molecule has 0 saturated heterocycles. The van der Waals surface area contributed by atoms with Crippen LogP contribution in [-0.4, -0.2) is 16.1 Å². The maximum Gasteiger partial charge on any atom is 0.336 e. The van der Waals surface area contributed by atoms with Crippen LogP contribution in [0.1, 0.15) is 15.9 Å². The molecule has 2 heterocycles. The van der Waals surface area contributed by atoms with Crippen molar-refractivity contribution in [1.29, 1.82) is 0 Å². The molecule has 5 heteroatoms. The molecule has 0 spiro atoms. The van der Waals surface area contributed by atoms with Crippen molar-refractivity contribution in [1.82, 2.24) is 4.98 Å². The number of benzene rings is 1. The number of nitrogens with zero attached hydrogens (tertiary/aromatic N) is 1. The largest absolute Gasteiger partial charge is 0.478 e. The number of halogens is 1. The lowest BCUT2D eigenvalue weighted by Gasteiger charge is -2.08. The minimum Gasteiger partial charge on any atom is -0.478 e. The highest BCUT2D eigenvalue weighted by Crippen LogP contribution is 2.27. The number of carbonyl (C=O) groups is 1. The molecule has 3 rings (SSSR count). The summed E-state index contributed by atoms with van der Waals surface area (Å²) in [4.78, 5) is 15.8. The van der Waals surface area contributed by atoms with Crippen LogP contribution in [0.2, 0.25) is 0 Å². The van der Waals surface area contributed by atoms with E-state index >= 15 is 0 Å². The van der Waals surface area contributed by atoms with Crippen LogP contribution in [-0.2, 0) is 0 Å². The molecule has 0 fully saturated rings. The van der Waals surface area contributed by atoms with Crippen LogP contribution in [0.3, 0.4) is 0 Å². The number of aromatic nitrogens is 1. The number of furan rings is 1. The molecule has 3 aromatic rings. The summed E-state index contributed by atoms with van der Waals surface area (Å²) in [6, 6.07) is 5.64. The normalized spacial score (nSPS) is 10.9. The minimum absolute atomic E-state index is 0.0220. The number of rotatable bonds is 2. The van der Waals surface area contributed by atoms with Gasteiger partial charge in [0.2, 0.25) is 0 Å². The van der Waals surface area contributed by atoms with Crippen LogP contribution in [0.5, 0.6) is 0 Å². The predicted molar refractivity (Wildman–Crippen MR) is 71.1 cm³/mol. The first-order chi connectivity index (χ1) is 9.56. The van der Waals surface area contributed by atoms with Gasteiger partial charge in [-0.2, -0.15) is 0 Å². The van der Waals surface area contributed by atoms with Gasteiger partial charge in [-0.1, -0.05) is 0 Å². The summed E-state index contributed by atoms with van der Waals surface area (Å²) in [7, 11) is 0. The fraction of sp³-hybridized carbons (Fsp3) is 0.0667. The number of hydrogen-bond acceptors (Lipinski definition) is 3. The van der Waals surface area contributed by atoms with Gasteiger partial charge in [-0.3, -0.25) is 0 Å². The Morgan fingerprint density at radius 3 is 2.80 bits per heavy atom. The van der Waals surface area contributed by atoms with Gasteiger partial charge in [0.15, 0.2) is 0 Å². The maximum atomic E-state index is 13.5. The number of aryl methyl sites for hydroxylation is 1. The lowest BCUT2D eigenvalue weighted by atomic mass is 10.0. The lowest BCUT2D eigenvalue weighted by Crippen LogP contribution is -2.01. The first-order valence-corrected chi connectivity index (χ1v) is 5.93. The van der Waals surface area contributed by atoms with Crippen molar-refractivity contribution in [2.24, 2.45) is 0 Å². The second kappa shape index (κ2) is 4.45. The van der Waals surface area contributed by atoms with E-state index in [0.29, 0.717) is 27.7 Å². The number of pyridine rings is 1. The van der Waals surface area contributed by atoms with Crippen molar-refractivity contribution in [3.8, 4) is 11.3 Å². The fourth-order valence-electron chi connectivity index (χ4n) is 2.19. The van der Waals surface area contributed by atoms with Crippen LogP contribution in [0, 0.1) is 12.7 Å². The highest BCUT2D eigenvalue weighted by Gasteiger charge is 2.15. The Morgan fingerprint density at radius 2 is 2.15 bits per heavy atom. The van der Waals surface area contributed by atoms with Gasteiger partial charge in [0, 0.05) is 10.9 Å². The Kier molecular flexibility index (Phi) is 2.75. The van der Waals surface area contributed by atoms with E-state index in [2.05, 4.69) is 4.98 Å². The van der Waals surface area contributed by atoms with Gasteiger partial charge in [-0.25, -0.2) is 14.2 Å². The predicted octanol–water partition coefficient (Wildman–Crippen LogP) is 3.64. The Bertz CT molecular complexity index is 810. The molecule has 0 amide bonds. The molecule has 0 atom stereocenters. The average molecular weight is 271 g/mol. The summed E-state index contributed by atoms with van der Waals surface area (Å²) in [5, 5.41) is 9.61. The maximum absolute atomic E-state index is 13.5. The molecule has 4 nitrogen and oxygen atoms in total. The molecule has 0 aliphatic carbocycles. The molecule has 100 valence electrons. The highest BCUT2D eigenvalue weighted by atomic mass is 19.1. The van der Waals surface area contributed by atoms with Gasteiger partial charge in [0.25, 0.3) is 0 Å². The standard InChI is InChI=1S/C15H10FNO3/c1-8-4-10(16)5-11-12(15(18)19)6-13(17-14(8)11)9-2-3-20-7-9/h2-7H,1H3,(H,18,19). The van der Waals surface area contributed by atoms with Crippen LogP contribution in [0.4, 0.5) is 4.39 Å². The summed E-state index contributed by atoms with van der Waals surface area (Å²) in [5.41, 5.74) is 2.25. The van der Waals surface area contributed by atoms with E-state index in [1.54, 1.807) is 13.0 Å². The zero-order valence-corrected chi connectivity index (χ0v) is 10.6. The molecule has 1 N–H and O–H groups in total. The first-order valence-electron chi connectivity index (χ1n) is 5.93. The van der Waals surface area contributed by atoms with Crippen LogP contribution in [0.15, 0.2) is 41.2 Å². The van der Waals surface area contributed by atoms with Gasteiger partial charge in [0.1, 0.15) is 5.82 Å². The summed E-state index contributed by atoms with van der Waals surface area (Å²) >= 11 is 0. The van der Waals surface area contributed by atoms with E-state index in [4.69, 9.17) is 4.42 Å². The first kappa shape index (κ1) is 12.3.